The van der Waals surface area contributed by atoms with Gasteiger partial charge in [-0.2, -0.15) is 0 Å². The number of hydrogen-bond donors (Lipinski definition) is 2. The predicted octanol–water partition coefficient (Wildman–Crippen LogP) is 2.81. The summed E-state index contributed by atoms with van der Waals surface area (Å²) in [6.07, 6.45) is 0. The van der Waals surface area contributed by atoms with Crippen LogP contribution < -0.4 is 15.8 Å². The molecule has 6 heteroatoms. The normalized spacial score (nSPS) is 10.2. The first-order valence-corrected chi connectivity index (χ1v) is 5.71. The molecular weight excluding hydrogens is 266 g/mol. The second kappa shape index (κ2) is 5.56. The number of anilines is 2. The molecule has 2 aromatic carbocycles. The van der Waals surface area contributed by atoms with E-state index < -0.39 is 28.8 Å². The van der Waals surface area contributed by atoms with Crippen molar-refractivity contribution in [1.29, 1.82) is 0 Å². The number of hydrogen-bond acceptors (Lipinski definition) is 3. The lowest BCUT2D eigenvalue weighted by Gasteiger charge is -2.09. The molecule has 0 unspecified atom stereocenters. The Labute approximate surface area is 114 Å². The quantitative estimate of drug-likeness (QED) is 0.848. The van der Waals surface area contributed by atoms with E-state index in [1.54, 1.807) is 24.3 Å². The minimum Gasteiger partial charge on any atom is -0.497 e. The van der Waals surface area contributed by atoms with Gasteiger partial charge < -0.3 is 15.8 Å². The zero-order valence-electron chi connectivity index (χ0n) is 10.6. The van der Waals surface area contributed by atoms with E-state index in [1.807, 2.05) is 0 Å². The van der Waals surface area contributed by atoms with Gasteiger partial charge >= 0.3 is 0 Å². The second-order valence-electron chi connectivity index (χ2n) is 4.04. The van der Waals surface area contributed by atoms with Crippen molar-refractivity contribution in [3.05, 3.63) is 53.6 Å². The summed E-state index contributed by atoms with van der Waals surface area (Å²) >= 11 is 0. The molecule has 0 aliphatic heterocycles. The number of nitrogen functional groups attached to an aromatic ring is 1. The zero-order chi connectivity index (χ0) is 14.7. The van der Waals surface area contributed by atoms with Crippen LogP contribution in [0.4, 0.5) is 20.2 Å². The van der Waals surface area contributed by atoms with Gasteiger partial charge in [0.25, 0.3) is 5.91 Å². The molecule has 0 fully saturated rings. The molecule has 1 amide bonds. The maximum Gasteiger partial charge on any atom is 0.258 e. The van der Waals surface area contributed by atoms with Gasteiger partial charge in [0.2, 0.25) is 0 Å². The SMILES string of the molecule is COc1cccc(NC(=O)c2cc(F)cc(N)c2F)c1. The molecule has 2 aromatic rings. The van der Waals surface area contributed by atoms with Gasteiger partial charge in [-0.25, -0.2) is 8.78 Å². The Kier molecular flexibility index (Phi) is 3.84. The first-order valence-electron chi connectivity index (χ1n) is 5.71. The van der Waals surface area contributed by atoms with Gasteiger partial charge in [-0.15, -0.1) is 0 Å². The number of methoxy groups -OCH3 is 1. The molecular formula is C14H12F2N2O2. The van der Waals surface area contributed by atoms with Crippen molar-refractivity contribution >= 4 is 17.3 Å². The molecule has 3 N–H and O–H groups in total. The van der Waals surface area contributed by atoms with Gasteiger partial charge in [0.1, 0.15) is 11.6 Å². The molecule has 0 radical (unpaired) electrons. The van der Waals surface area contributed by atoms with Crippen molar-refractivity contribution in [2.45, 2.75) is 0 Å². The molecule has 0 aliphatic rings. The summed E-state index contributed by atoms with van der Waals surface area (Å²) in [5, 5.41) is 2.45. The lowest BCUT2D eigenvalue weighted by atomic mass is 10.1. The molecule has 0 bridgehead atoms. The zero-order valence-corrected chi connectivity index (χ0v) is 10.6. The smallest absolute Gasteiger partial charge is 0.258 e. The number of benzene rings is 2. The van der Waals surface area contributed by atoms with E-state index in [4.69, 9.17) is 10.5 Å². The van der Waals surface area contributed by atoms with E-state index in [0.717, 1.165) is 12.1 Å². The van der Waals surface area contributed by atoms with Crippen LogP contribution in [0.5, 0.6) is 5.75 Å². The maximum atomic E-state index is 13.7. The highest BCUT2D eigenvalue weighted by molar-refractivity contribution is 6.05. The molecule has 0 saturated carbocycles. The van der Waals surface area contributed by atoms with Crippen molar-refractivity contribution in [3.8, 4) is 5.75 Å². The van der Waals surface area contributed by atoms with Gasteiger partial charge in [-0.1, -0.05) is 6.07 Å². The van der Waals surface area contributed by atoms with Crippen molar-refractivity contribution in [1.82, 2.24) is 0 Å². The largest absolute Gasteiger partial charge is 0.497 e. The first-order chi connectivity index (χ1) is 9.51. The molecule has 20 heavy (non-hydrogen) atoms. The van der Waals surface area contributed by atoms with Crippen LogP contribution in [0.15, 0.2) is 36.4 Å². The van der Waals surface area contributed by atoms with Crippen molar-refractivity contribution in [2.75, 3.05) is 18.2 Å². The molecule has 104 valence electrons. The Morgan fingerprint density at radius 3 is 2.70 bits per heavy atom. The minimum atomic E-state index is -0.952. The standard InChI is InChI=1S/C14H12F2N2O2/c1-20-10-4-2-3-9(7-10)18-14(19)11-5-8(15)6-12(17)13(11)16/h2-7H,17H2,1H3,(H,18,19). The Morgan fingerprint density at radius 2 is 2.00 bits per heavy atom. The van der Waals surface area contributed by atoms with Crippen LogP contribution >= 0.6 is 0 Å². The summed E-state index contributed by atoms with van der Waals surface area (Å²) < 4.78 is 31.9. The third kappa shape index (κ3) is 2.85. The minimum absolute atomic E-state index is 0.400. The number of carbonyl (C=O) groups is 1. The average Bonchev–Trinajstić information content (AvgIpc) is 2.43. The van der Waals surface area contributed by atoms with Crippen LogP contribution in [0.3, 0.4) is 0 Å². The number of rotatable bonds is 3. The summed E-state index contributed by atoms with van der Waals surface area (Å²) in [4.78, 5) is 11.9. The van der Waals surface area contributed by atoms with Gasteiger partial charge in [0, 0.05) is 11.8 Å². The second-order valence-corrected chi connectivity index (χ2v) is 4.04. The third-order valence-corrected chi connectivity index (χ3v) is 2.64. The molecule has 0 atom stereocenters. The van der Waals surface area contributed by atoms with Crippen molar-refractivity contribution in [2.24, 2.45) is 0 Å². The monoisotopic (exact) mass is 278 g/mol. The van der Waals surface area contributed by atoms with E-state index >= 15 is 0 Å². The molecule has 4 nitrogen and oxygen atoms in total. The van der Waals surface area contributed by atoms with Gasteiger partial charge in [-0.05, 0) is 24.3 Å². The fourth-order valence-electron chi connectivity index (χ4n) is 1.67. The highest BCUT2D eigenvalue weighted by atomic mass is 19.1. The summed E-state index contributed by atoms with van der Waals surface area (Å²) in [5.74, 6) is -1.99. The Hall–Kier alpha value is -2.63. The van der Waals surface area contributed by atoms with E-state index in [-0.39, 0.29) is 0 Å². The van der Waals surface area contributed by atoms with Gasteiger partial charge in [0.15, 0.2) is 5.82 Å². The Balaban J connectivity index is 2.28. The lowest BCUT2D eigenvalue weighted by Crippen LogP contribution is -2.15. The van der Waals surface area contributed by atoms with Gasteiger partial charge in [0.05, 0.1) is 18.4 Å². The lowest BCUT2D eigenvalue weighted by molar-refractivity contribution is 0.102. The van der Waals surface area contributed by atoms with E-state index in [2.05, 4.69) is 5.32 Å². The van der Waals surface area contributed by atoms with Crippen LogP contribution in [0.1, 0.15) is 10.4 Å². The van der Waals surface area contributed by atoms with E-state index in [1.165, 1.54) is 7.11 Å². The van der Waals surface area contributed by atoms with E-state index in [9.17, 15) is 13.6 Å². The maximum absolute atomic E-state index is 13.7. The predicted molar refractivity (Wildman–Crippen MR) is 71.7 cm³/mol. The highest BCUT2D eigenvalue weighted by Crippen LogP contribution is 2.21. The number of halogens is 2. The van der Waals surface area contributed by atoms with E-state index in [0.29, 0.717) is 11.4 Å². The third-order valence-electron chi connectivity index (χ3n) is 2.64. The number of amides is 1. The highest BCUT2D eigenvalue weighted by Gasteiger charge is 2.16. The van der Waals surface area contributed by atoms with Crippen LogP contribution in [0.2, 0.25) is 0 Å². The summed E-state index contributed by atoms with van der Waals surface area (Å²) in [5.41, 5.74) is 4.81. The number of carbonyl (C=O) groups excluding carboxylic acids is 1. The topological polar surface area (TPSA) is 64.3 Å². The Morgan fingerprint density at radius 1 is 1.25 bits per heavy atom. The number of nitrogens with one attached hydrogen (secondary N) is 1. The van der Waals surface area contributed by atoms with Crippen molar-refractivity contribution < 1.29 is 18.3 Å². The summed E-state index contributed by atoms with van der Waals surface area (Å²) in [7, 11) is 1.48. The molecule has 0 aromatic heterocycles. The first kappa shape index (κ1) is 13.8. The van der Waals surface area contributed by atoms with Crippen LogP contribution in [-0.4, -0.2) is 13.0 Å². The van der Waals surface area contributed by atoms with Crippen LogP contribution in [0.25, 0.3) is 0 Å². The summed E-state index contributed by atoms with van der Waals surface area (Å²) in [6, 6.07) is 8.11. The number of nitrogens with two attached hydrogens (primary N) is 1. The molecule has 0 spiro atoms. The fraction of sp³-hybridized carbons (Fsp3) is 0.0714. The molecule has 2 rings (SSSR count). The molecule has 0 aliphatic carbocycles. The summed E-state index contributed by atoms with van der Waals surface area (Å²) in [6.45, 7) is 0. The average molecular weight is 278 g/mol. The van der Waals surface area contributed by atoms with Crippen LogP contribution in [0, 0.1) is 11.6 Å². The molecule has 0 heterocycles. The fourth-order valence-corrected chi connectivity index (χ4v) is 1.67. The van der Waals surface area contributed by atoms with Gasteiger partial charge in [-0.3, -0.25) is 4.79 Å². The Bertz CT molecular complexity index is 660. The van der Waals surface area contributed by atoms with Crippen LogP contribution in [-0.2, 0) is 0 Å². The number of ether oxygens (including phenoxy) is 1. The molecule has 0 saturated heterocycles. The van der Waals surface area contributed by atoms with Crippen molar-refractivity contribution in [3.63, 3.8) is 0 Å².